The Morgan fingerprint density at radius 2 is 1.96 bits per heavy atom. The molecule has 1 aromatic rings. The minimum Gasteiger partial charge on any atom is -0.489 e. The van der Waals surface area contributed by atoms with Gasteiger partial charge < -0.3 is 15.4 Å². The van der Waals surface area contributed by atoms with Crippen LogP contribution in [0.15, 0.2) is 23.2 Å². The zero-order chi connectivity index (χ0) is 20.5. The fraction of sp³-hybridized carbons (Fsp3) is 0.611. The normalized spacial score (nSPS) is 12.7. The molecule has 0 atom stereocenters. The van der Waals surface area contributed by atoms with E-state index in [2.05, 4.69) is 15.6 Å². The highest BCUT2D eigenvalue weighted by atomic mass is 32.2. The molecule has 0 radical (unpaired) electrons. The largest absolute Gasteiger partial charge is 0.489 e. The van der Waals surface area contributed by atoms with Crippen molar-refractivity contribution in [3.05, 3.63) is 29.8 Å². The van der Waals surface area contributed by atoms with Crippen molar-refractivity contribution in [2.45, 2.75) is 27.2 Å². The van der Waals surface area contributed by atoms with Crippen LogP contribution in [0.1, 0.15) is 27.2 Å². The van der Waals surface area contributed by atoms with Crippen molar-refractivity contribution in [2.75, 3.05) is 38.2 Å². The minimum atomic E-state index is -3.01. The van der Waals surface area contributed by atoms with Crippen LogP contribution in [-0.2, 0) is 9.84 Å². The first-order chi connectivity index (χ1) is 12.5. The smallest absolute Gasteiger partial charge is 0.191 e. The van der Waals surface area contributed by atoms with Crippen LogP contribution in [-0.4, -0.2) is 52.6 Å². The van der Waals surface area contributed by atoms with Crippen molar-refractivity contribution >= 4 is 15.8 Å². The number of benzene rings is 1. The number of sulfone groups is 1. The van der Waals surface area contributed by atoms with Gasteiger partial charge in [-0.25, -0.2) is 17.2 Å². The molecule has 154 valence electrons. The second-order valence-electron chi connectivity index (χ2n) is 7.09. The highest BCUT2D eigenvalue weighted by Gasteiger charge is 2.20. The molecular weight excluding hydrogens is 376 g/mol. The summed E-state index contributed by atoms with van der Waals surface area (Å²) in [5.74, 6) is -0.729. The van der Waals surface area contributed by atoms with Gasteiger partial charge in [0.05, 0.1) is 12.3 Å². The molecule has 0 aliphatic rings. The number of guanidine groups is 1. The molecule has 1 rings (SSSR count). The van der Waals surface area contributed by atoms with Crippen LogP contribution >= 0.6 is 0 Å². The average Bonchev–Trinajstić information content (AvgIpc) is 2.56. The third-order valence-corrected chi connectivity index (χ3v) is 4.65. The number of ether oxygens (including phenoxy) is 1. The first-order valence-corrected chi connectivity index (χ1v) is 10.9. The molecule has 0 saturated carbocycles. The van der Waals surface area contributed by atoms with Crippen LogP contribution in [0, 0.1) is 17.0 Å². The summed E-state index contributed by atoms with van der Waals surface area (Å²) in [6.07, 6.45) is 1.74. The zero-order valence-electron chi connectivity index (χ0n) is 16.3. The Balaban J connectivity index is 2.51. The Hall–Kier alpha value is -1.90. The number of hydrogen-bond acceptors (Lipinski definition) is 4. The van der Waals surface area contributed by atoms with Gasteiger partial charge in [-0.3, -0.25) is 4.99 Å². The predicted molar refractivity (Wildman–Crippen MR) is 104 cm³/mol. The highest BCUT2D eigenvalue weighted by molar-refractivity contribution is 7.90. The quantitative estimate of drug-likeness (QED) is 0.355. The third-order valence-electron chi connectivity index (χ3n) is 3.71. The minimum absolute atomic E-state index is 0.0120. The van der Waals surface area contributed by atoms with Gasteiger partial charge in [-0.1, -0.05) is 13.8 Å². The van der Waals surface area contributed by atoms with Gasteiger partial charge in [0.25, 0.3) is 0 Å². The second-order valence-corrected chi connectivity index (χ2v) is 9.35. The lowest BCUT2D eigenvalue weighted by Gasteiger charge is -2.22. The molecule has 0 amide bonds. The Kier molecular flexibility index (Phi) is 8.95. The number of hydrogen-bond donors (Lipinski definition) is 2. The summed E-state index contributed by atoms with van der Waals surface area (Å²) >= 11 is 0. The first kappa shape index (κ1) is 23.1. The number of aliphatic imine (C=N–C) groups is 1. The van der Waals surface area contributed by atoms with Crippen molar-refractivity contribution in [3.63, 3.8) is 0 Å². The maximum absolute atomic E-state index is 13.5. The summed E-state index contributed by atoms with van der Waals surface area (Å²) in [6, 6.07) is 3.15. The van der Waals surface area contributed by atoms with E-state index in [1.165, 1.54) is 12.3 Å². The summed E-state index contributed by atoms with van der Waals surface area (Å²) in [4.78, 5) is 4.48. The summed E-state index contributed by atoms with van der Waals surface area (Å²) in [5, 5.41) is 6.15. The number of halogens is 2. The van der Waals surface area contributed by atoms with E-state index < -0.39 is 21.5 Å². The highest BCUT2D eigenvalue weighted by Crippen LogP contribution is 2.21. The summed E-state index contributed by atoms with van der Waals surface area (Å²) in [5.41, 5.74) is -0.265. The van der Waals surface area contributed by atoms with E-state index in [1.54, 1.807) is 0 Å². The summed E-state index contributed by atoms with van der Waals surface area (Å²) in [7, 11) is -3.01. The van der Waals surface area contributed by atoms with Crippen LogP contribution in [0.3, 0.4) is 0 Å². The first-order valence-electron chi connectivity index (χ1n) is 8.80. The van der Waals surface area contributed by atoms with Crippen LogP contribution in [0.25, 0.3) is 0 Å². The second kappa shape index (κ2) is 10.4. The molecule has 0 unspecified atom stereocenters. The lowest BCUT2D eigenvalue weighted by Crippen LogP contribution is -2.40. The topological polar surface area (TPSA) is 79.8 Å². The molecular formula is C18H29F2N3O3S. The van der Waals surface area contributed by atoms with Crippen molar-refractivity contribution < 1.29 is 21.9 Å². The average molecular weight is 406 g/mol. The van der Waals surface area contributed by atoms with Gasteiger partial charge in [0.15, 0.2) is 17.5 Å². The van der Waals surface area contributed by atoms with E-state index in [9.17, 15) is 17.2 Å². The predicted octanol–water partition coefficient (Wildman–Crippen LogP) is 2.36. The molecule has 0 saturated heterocycles. The Morgan fingerprint density at radius 1 is 1.26 bits per heavy atom. The number of nitrogens with zero attached hydrogens (tertiary/aromatic N) is 1. The van der Waals surface area contributed by atoms with E-state index in [0.717, 1.165) is 12.1 Å². The van der Waals surface area contributed by atoms with Gasteiger partial charge in [0, 0.05) is 25.4 Å². The Morgan fingerprint density at radius 3 is 2.56 bits per heavy atom. The van der Waals surface area contributed by atoms with Gasteiger partial charge >= 0.3 is 0 Å². The molecule has 2 N–H and O–H groups in total. The summed E-state index contributed by atoms with van der Waals surface area (Å²) < 4.78 is 54.3. The zero-order valence-corrected chi connectivity index (χ0v) is 17.1. The van der Waals surface area contributed by atoms with Gasteiger partial charge in [0.1, 0.15) is 22.3 Å². The van der Waals surface area contributed by atoms with E-state index >= 15 is 0 Å². The SMILES string of the molecule is CCNC(=NCC(C)(C)CCS(C)(=O)=O)NCCOc1ccc(F)cc1F. The third kappa shape index (κ3) is 10.1. The van der Waals surface area contributed by atoms with Crippen LogP contribution in [0.4, 0.5) is 8.78 Å². The lowest BCUT2D eigenvalue weighted by atomic mass is 9.90. The van der Waals surface area contributed by atoms with E-state index in [4.69, 9.17) is 4.74 Å². The monoisotopic (exact) mass is 405 g/mol. The van der Waals surface area contributed by atoms with Gasteiger partial charge in [-0.2, -0.15) is 0 Å². The fourth-order valence-corrected chi connectivity index (χ4v) is 3.02. The molecule has 0 aromatic heterocycles. The molecule has 0 aliphatic carbocycles. The van der Waals surface area contributed by atoms with E-state index in [1.807, 2.05) is 20.8 Å². The molecule has 0 heterocycles. The maximum atomic E-state index is 13.5. The standard InChI is InChI=1S/C18H29F2N3O3S/c1-5-21-17(23-13-18(2,3)8-11-27(4,24)25)22-9-10-26-16-7-6-14(19)12-15(16)20/h6-7,12H,5,8-11,13H2,1-4H3,(H2,21,22,23). The van der Waals surface area contributed by atoms with Crippen molar-refractivity contribution in [3.8, 4) is 5.75 Å². The van der Waals surface area contributed by atoms with Crippen molar-refractivity contribution in [2.24, 2.45) is 10.4 Å². The number of nitrogens with one attached hydrogen (secondary N) is 2. The molecule has 0 fully saturated rings. The molecule has 9 heteroatoms. The van der Waals surface area contributed by atoms with E-state index in [0.29, 0.717) is 32.0 Å². The molecule has 0 aliphatic heterocycles. The van der Waals surface area contributed by atoms with Gasteiger partial charge in [0.2, 0.25) is 0 Å². The fourth-order valence-electron chi connectivity index (χ4n) is 2.10. The number of rotatable bonds is 10. The lowest BCUT2D eigenvalue weighted by molar-refractivity contribution is 0.304. The maximum Gasteiger partial charge on any atom is 0.191 e. The van der Waals surface area contributed by atoms with Crippen molar-refractivity contribution in [1.29, 1.82) is 0 Å². The van der Waals surface area contributed by atoms with Gasteiger partial charge in [-0.15, -0.1) is 0 Å². The Bertz CT molecular complexity index is 737. The van der Waals surface area contributed by atoms with Crippen molar-refractivity contribution in [1.82, 2.24) is 10.6 Å². The van der Waals surface area contributed by atoms with Crippen LogP contribution < -0.4 is 15.4 Å². The van der Waals surface area contributed by atoms with Crippen LogP contribution in [0.2, 0.25) is 0 Å². The molecule has 6 nitrogen and oxygen atoms in total. The van der Waals surface area contributed by atoms with Gasteiger partial charge in [-0.05, 0) is 30.9 Å². The molecule has 1 aromatic carbocycles. The van der Waals surface area contributed by atoms with Crippen LogP contribution in [0.5, 0.6) is 5.75 Å². The Labute approximate surface area is 160 Å². The summed E-state index contributed by atoms with van der Waals surface area (Å²) in [6.45, 7) is 7.50. The molecule has 0 bridgehead atoms. The molecule has 27 heavy (non-hydrogen) atoms. The van der Waals surface area contributed by atoms with E-state index in [-0.39, 0.29) is 23.5 Å². The molecule has 0 spiro atoms.